The Morgan fingerprint density at radius 1 is 1.05 bits per heavy atom. The molecule has 0 heterocycles. The van der Waals surface area contributed by atoms with Gasteiger partial charge in [0.05, 0.1) is 10.7 Å². The number of halogens is 1. The van der Waals surface area contributed by atoms with Crippen LogP contribution in [0.3, 0.4) is 0 Å². The van der Waals surface area contributed by atoms with E-state index in [1.54, 1.807) is 0 Å². The Kier molecular flexibility index (Phi) is 6.15. The summed E-state index contributed by atoms with van der Waals surface area (Å²) in [5, 5.41) is 0.802. The Morgan fingerprint density at radius 2 is 1.58 bits per heavy atom. The Bertz CT molecular complexity index is 390. The molecule has 1 atom stereocenters. The predicted molar refractivity (Wildman–Crippen MR) is 85.9 cm³/mol. The zero-order valence-electron chi connectivity index (χ0n) is 12.8. The fourth-order valence-corrected chi connectivity index (χ4v) is 2.52. The van der Waals surface area contributed by atoms with Gasteiger partial charge in [-0.15, -0.1) is 0 Å². The van der Waals surface area contributed by atoms with E-state index in [-0.39, 0.29) is 6.04 Å². The van der Waals surface area contributed by atoms with E-state index in [9.17, 15) is 0 Å². The van der Waals surface area contributed by atoms with E-state index in [4.69, 9.17) is 17.3 Å². The SMILES string of the molecule is CC(C)CN(CC(C)C)c1ccc([C@H](C)N)cc1Cl. The van der Waals surface area contributed by atoms with Gasteiger partial charge in [-0.05, 0) is 36.5 Å². The molecule has 2 N–H and O–H groups in total. The van der Waals surface area contributed by atoms with Crippen LogP contribution in [0.15, 0.2) is 18.2 Å². The van der Waals surface area contributed by atoms with E-state index in [1.165, 1.54) is 0 Å². The maximum atomic E-state index is 6.44. The van der Waals surface area contributed by atoms with E-state index in [0.717, 1.165) is 29.4 Å². The van der Waals surface area contributed by atoms with Gasteiger partial charge in [-0.25, -0.2) is 0 Å². The monoisotopic (exact) mass is 282 g/mol. The Labute approximate surface area is 122 Å². The molecule has 0 amide bonds. The maximum Gasteiger partial charge on any atom is 0.0642 e. The standard InChI is InChI=1S/C16H27ClN2/c1-11(2)9-19(10-12(3)4)16-7-6-14(13(5)18)8-15(16)17/h6-8,11-13H,9-10,18H2,1-5H3/t13-/m0/s1. The second kappa shape index (κ2) is 7.16. The van der Waals surface area contributed by atoms with Gasteiger partial charge in [-0.3, -0.25) is 0 Å². The molecule has 0 unspecified atom stereocenters. The highest BCUT2D eigenvalue weighted by atomic mass is 35.5. The van der Waals surface area contributed by atoms with Crippen molar-refractivity contribution in [1.29, 1.82) is 0 Å². The highest BCUT2D eigenvalue weighted by molar-refractivity contribution is 6.33. The first-order valence-corrected chi connectivity index (χ1v) is 7.49. The van der Waals surface area contributed by atoms with Crippen LogP contribution in [0.25, 0.3) is 0 Å². The molecule has 0 aromatic heterocycles. The molecule has 1 aromatic carbocycles. The third-order valence-corrected chi connectivity index (χ3v) is 3.31. The molecule has 2 nitrogen and oxygen atoms in total. The fraction of sp³-hybridized carbons (Fsp3) is 0.625. The van der Waals surface area contributed by atoms with E-state index < -0.39 is 0 Å². The van der Waals surface area contributed by atoms with Crippen LogP contribution >= 0.6 is 11.6 Å². The van der Waals surface area contributed by atoms with Crippen LogP contribution in [-0.4, -0.2) is 13.1 Å². The highest BCUT2D eigenvalue weighted by Gasteiger charge is 2.14. The minimum Gasteiger partial charge on any atom is -0.370 e. The number of benzene rings is 1. The second-order valence-electron chi connectivity index (χ2n) is 6.19. The van der Waals surface area contributed by atoms with Gasteiger partial charge < -0.3 is 10.6 Å². The fourth-order valence-electron chi connectivity index (χ4n) is 2.22. The number of rotatable bonds is 6. The first-order chi connectivity index (χ1) is 8.81. The smallest absolute Gasteiger partial charge is 0.0642 e. The zero-order chi connectivity index (χ0) is 14.6. The molecule has 0 spiro atoms. The van der Waals surface area contributed by atoms with Gasteiger partial charge in [-0.2, -0.15) is 0 Å². The minimum absolute atomic E-state index is 0.0233. The molecule has 0 saturated carbocycles. The molecule has 0 aliphatic rings. The lowest BCUT2D eigenvalue weighted by Gasteiger charge is -2.29. The molecule has 108 valence electrons. The van der Waals surface area contributed by atoms with Gasteiger partial charge in [0.1, 0.15) is 0 Å². The van der Waals surface area contributed by atoms with Gasteiger partial charge in [0.25, 0.3) is 0 Å². The molecule has 0 fully saturated rings. The van der Waals surface area contributed by atoms with Crippen LogP contribution in [0.2, 0.25) is 5.02 Å². The Balaban J connectivity index is 3.01. The van der Waals surface area contributed by atoms with E-state index in [2.05, 4.69) is 44.7 Å². The molecule has 0 saturated heterocycles. The van der Waals surface area contributed by atoms with Crippen molar-refractivity contribution in [3.05, 3.63) is 28.8 Å². The summed E-state index contributed by atoms with van der Waals surface area (Å²) in [7, 11) is 0. The van der Waals surface area contributed by atoms with Crippen LogP contribution in [0.1, 0.15) is 46.2 Å². The number of nitrogens with two attached hydrogens (primary N) is 1. The summed E-state index contributed by atoms with van der Waals surface area (Å²) in [5.41, 5.74) is 8.10. The van der Waals surface area contributed by atoms with Crippen LogP contribution in [0.4, 0.5) is 5.69 Å². The first-order valence-electron chi connectivity index (χ1n) is 7.11. The van der Waals surface area contributed by atoms with Crippen molar-refractivity contribution < 1.29 is 0 Å². The number of hydrogen-bond donors (Lipinski definition) is 1. The summed E-state index contributed by atoms with van der Waals surface area (Å²) in [6.45, 7) is 13.0. The molecule has 19 heavy (non-hydrogen) atoms. The third-order valence-electron chi connectivity index (χ3n) is 3.01. The van der Waals surface area contributed by atoms with Gasteiger partial charge in [0, 0.05) is 19.1 Å². The normalized spacial score (nSPS) is 13.1. The minimum atomic E-state index is 0.0233. The van der Waals surface area contributed by atoms with Crippen LogP contribution < -0.4 is 10.6 Å². The van der Waals surface area contributed by atoms with Crippen molar-refractivity contribution in [2.24, 2.45) is 17.6 Å². The Morgan fingerprint density at radius 3 is 1.95 bits per heavy atom. The molecule has 0 aliphatic heterocycles. The molecule has 1 rings (SSSR count). The van der Waals surface area contributed by atoms with Gasteiger partial charge in [0.2, 0.25) is 0 Å². The summed E-state index contributed by atoms with van der Waals surface area (Å²) in [4.78, 5) is 2.38. The van der Waals surface area contributed by atoms with Crippen molar-refractivity contribution in [1.82, 2.24) is 0 Å². The zero-order valence-corrected chi connectivity index (χ0v) is 13.5. The lowest BCUT2D eigenvalue weighted by atomic mass is 10.1. The highest BCUT2D eigenvalue weighted by Crippen LogP contribution is 2.29. The summed E-state index contributed by atoms with van der Waals surface area (Å²) >= 11 is 6.44. The molecule has 0 bridgehead atoms. The number of hydrogen-bond acceptors (Lipinski definition) is 2. The summed E-state index contributed by atoms with van der Waals surface area (Å²) in [6.07, 6.45) is 0. The van der Waals surface area contributed by atoms with Crippen LogP contribution in [-0.2, 0) is 0 Å². The first kappa shape index (κ1) is 16.3. The van der Waals surface area contributed by atoms with E-state index in [1.807, 2.05) is 13.0 Å². The van der Waals surface area contributed by atoms with Crippen molar-refractivity contribution in [3.63, 3.8) is 0 Å². The largest absolute Gasteiger partial charge is 0.370 e. The van der Waals surface area contributed by atoms with E-state index in [0.29, 0.717) is 11.8 Å². The van der Waals surface area contributed by atoms with Crippen molar-refractivity contribution >= 4 is 17.3 Å². The van der Waals surface area contributed by atoms with Gasteiger partial charge in [0.15, 0.2) is 0 Å². The molecular formula is C16H27ClN2. The molecule has 3 heteroatoms. The lowest BCUT2D eigenvalue weighted by Crippen LogP contribution is -2.31. The molecule has 0 radical (unpaired) electrons. The average molecular weight is 283 g/mol. The second-order valence-corrected chi connectivity index (χ2v) is 6.60. The van der Waals surface area contributed by atoms with Gasteiger partial charge in [-0.1, -0.05) is 45.4 Å². The average Bonchev–Trinajstić information content (AvgIpc) is 2.26. The summed E-state index contributed by atoms with van der Waals surface area (Å²) < 4.78 is 0. The maximum absolute atomic E-state index is 6.44. The topological polar surface area (TPSA) is 29.3 Å². The van der Waals surface area contributed by atoms with Crippen molar-refractivity contribution in [3.8, 4) is 0 Å². The van der Waals surface area contributed by atoms with E-state index >= 15 is 0 Å². The van der Waals surface area contributed by atoms with Crippen LogP contribution in [0.5, 0.6) is 0 Å². The summed E-state index contributed by atoms with van der Waals surface area (Å²) in [5.74, 6) is 1.23. The molecule has 1 aromatic rings. The van der Waals surface area contributed by atoms with Gasteiger partial charge >= 0.3 is 0 Å². The molecule has 0 aliphatic carbocycles. The van der Waals surface area contributed by atoms with Crippen LogP contribution in [0, 0.1) is 11.8 Å². The quantitative estimate of drug-likeness (QED) is 0.834. The molecular weight excluding hydrogens is 256 g/mol. The number of nitrogens with zero attached hydrogens (tertiary/aromatic N) is 1. The van der Waals surface area contributed by atoms with Crippen molar-refractivity contribution in [2.75, 3.05) is 18.0 Å². The van der Waals surface area contributed by atoms with Crippen molar-refractivity contribution in [2.45, 2.75) is 40.7 Å². The predicted octanol–water partition coefficient (Wildman–Crippen LogP) is 4.48. The summed E-state index contributed by atoms with van der Waals surface area (Å²) in [6, 6.07) is 6.20. The Hall–Kier alpha value is -0.730. The lowest BCUT2D eigenvalue weighted by molar-refractivity contribution is 0.552. The third kappa shape index (κ3) is 5.04. The number of anilines is 1.